The van der Waals surface area contributed by atoms with Crippen molar-refractivity contribution in [1.82, 2.24) is 19.4 Å². The summed E-state index contributed by atoms with van der Waals surface area (Å²) >= 11 is 1.89. The van der Waals surface area contributed by atoms with Crippen LogP contribution >= 0.6 is 11.9 Å². The highest BCUT2D eigenvalue weighted by molar-refractivity contribution is 8.00. The van der Waals surface area contributed by atoms with Gasteiger partial charge in [0.2, 0.25) is 5.95 Å². The topological polar surface area (TPSA) is 61.7 Å². The molecule has 0 unspecified atom stereocenters. The lowest BCUT2D eigenvalue weighted by atomic mass is 10.2. The van der Waals surface area contributed by atoms with Crippen LogP contribution in [0.5, 0.6) is 5.75 Å². The fraction of sp³-hybridized carbons (Fsp3) is 0.357. The molecule has 2 fully saturated rings. The van der Waals surface area contributed by atoms with Crippen LogP contribution in [0.25, 0.3) is 16.7 Å². The molecule has 38 heavy (non-hydrogen) atoms. The van der Waals surface area contributed by atoms with E-state index in [1.807, 2.05) is 28.8 Å². The molecule has 0 spiro atoms. The molecule has 4 heterocycles. The third kappa shape index (κ3) is 4.98. The number of anilines is 4. The zero-order valence-electron chi connectivity index (χ0n) is 21.7. The molecule has 2 aromatic heterocycles. The minimum atomic E-state index is -0.297. The molecule has 2 aromatic carbocycles. The van der Waals surface area contributed by atoms with Crippen LogP contribution in [0.15, 0.2) is 54.9 Å². The summed E-state index contributed by atoms with van der Waals surface area (Å²) < 4.78 is 25.2. The summed E-state index contributed by atoms with van der Waals surface area (Å²) in [6.45, 7) is 4.43. The number of halogens is 1. The summed E-state index contributed by atoms with van der Waals surface area (Å²) in [6.07, 6.45) is 6.29. The van der Waals surface area contributed by atoms with Crippen molar-refractivity contribution < 1.29 is 9.13 Å². The number of piperazine rings is 1. The summed E-state index contributed by atoms with van der Waals surface area (Å²) in [6, 6.07) is 13.8. The Labute approximate surface area is 226 Å². The number of hydrogen-bond acceptors (Lipinski definition) is 8. The van der Waals surface area contributed by atoms with Crippen molar-refractivity contribution in [3.05, 3.63) is 60.7 Å². The second-order valence-corrected chi connectivity index (χ2v) is 10.8. The Morgan fingerprint density at radius 3 is 2.50 bits per heavy atom. The number of nitrogens with zero attached hydrogens (tertiary/aromatic N) is 6. The first kappa shape index (κ1) is 24.8. The van der Waals surface area contributed by atoms with Gasteiger partial charge in [-0.1, -0.05) is 0 Å². The number of fused-ring (bicyclic) bond motifs is 1. The van der Waals surface area contributed by atoms with Gasteiger partial charge in [-0.2, -0.15) is 4.98 Å². The fourth-order valence-electron chi connectivity index (χ4n) is 4.99. The number of nitrogens with one attached hydrogen (secondary N) is 1. The van der Waals surface area contributed by atoms with Crippen LogP contribution in [-0.4, -0.2) is 72.1 Å². The lowest BCUT2D eigenvalue weighted by Crippen LogP contribution is -2.44. The number of aromatic nitrogens is 3. The molecule has 6 rings (SSSR count). The minimum absolute atomic E-state index is 0.297. The van der Waals surface area contributed by atoms with Crippen molar-refractivity contribution >= 4 is 46.0 Å². The molecule has 0 radical (unpaired) electrons. The van der Waals surface area contributed by atoms with Crippen molar-refractivity contribution in [2.45, 2.75) is 12.8 Å². The first-order valence-corrected chi connectivity index (χ1v) is 14.0. The van der Waals surface area contributed by atoms with Crippen LogP contribution in [0, 0.1) is 5.82 Å². The SMILES string of the molecule is COc1cc(N2CCN(C)CC2)c(F)cc1Nc1ncc2ccn(-c3ccc(N4CCCCS4)cc3)c2n1. The van der Waals surface area contributed by atoms with Gasteiger partial charge in [-0.15, -0.1) is 0 Å². The van der Waals surface area contributed by atoms with Crippen LogP contribution in [-0.2, 0) is 0 Å². The van der Waals surface area contributed by atoms with Crippen LogP contribution in [0.3, 0.4) is 0 Å². The van der Waals surface area contributed by atoms with Gasteiger partial charge >= 0.3 is 0 Å². The zero-order chi connectivity index (χ0) is 26.1. The van der Waals surface area contributed by atoms with Gasteiger partial charge in [0.15, 0.2) is 0 Å². The maximum Gasteiger partial charge on any atom is 0.229 e. The van der Waals surface area contributed by atoms with Gasteiger partial charge in [-0.3, -0.25) is 0 Å². The van der Waals surface area contributed by atoms with Crippen LogP contribution in [0.1, 0.15) is 12.8 Å². The maximum absolute atomic E-state index is 15.2. The highest BCUT2D eigenvalue weighted by Gasteiger charge is 2.21. The molecule has 2 saturated heterocycles. The van der Waals surface area contributed by atoms with Crippen LogP contribution < -0.4 is 19.3 Å². The van der Waals surface area contributed by atoms with Crippen LogP contribution in [0.4, 0.5) is 27.4 Å². The molecule has 2 aliphatic heterocycles. The minimum Gasteiger partial charge on any atom is -0.494 e. The van der Waals surface area contributed by atoms with Gasteiger partial charge in [-0.05, 0) is 62.2 Å². The van der Waals surface area contributed by atoms with E-state index in [9.17, 15) is 0 Å². The number of benzene rings is 2. The first-order valence-electron chi connectivity index (χ1n) is 13.0. The standard InChI is InChI=1S/C28H32FN7OS/c1-33-12-14-34(15-13-33)25-18-26(37-2)24(17-23(25)29)31-28-30-19-20-9-11-35(27(20)32-28)21-5-7-22(8-6-21)36-10-3-4-16-38-36/h5-9,11,17-19H,3-4,10,12-16H2,1-2H3,(H,30,31,32). The monoisotopic (exact) mass is 533 g/mol. The molecule has 0 saturated carbocycles. The Balaban J connectivity index is 1.26. The molecule has 2 aliphatic rings. The first-order chi connectivity index (χ1) is 18.6. The van der Waals surface area contributed by atoms with Gasteiger partial charge < -0.3 is 28.7 Å². The molecular weight excluding hydrogens is 501 g/mol. The van der Waals surface area contributed by atoms with Gasteiger partial charge in [0, 0.05) is 79.8 Å². The molecule has 10 heteroatoms. The molecule has 0 aliphatic carbocycles. The van der Waals surface area contributed by atoms with E-state index in [2.05, 4.69) is 55.7 Å². The number of ether oxygens (including phenoxy) is 1. The number of hydrogen-bond donors (Lipinski definition) is 1. The van der Waals surface area contributed by atoms with Crippen LogP contribution in [0.2, 0.25) is 0 Å². The van der Waals surface area contributed by atoms with Gasteiger partial charge in [-0.25, -0.2) is 9.37 Å². The Morgan fingerprint density at radius 2 is 1.76 bits per heavy atom. The number of methoxy groups -OCH3 is 1. The lowest BCUT2D eigenvalue weighted by molar-refractivity contribution is 0.311. The van der Waals surface area contributed by atoms with E-state index < -0.39 is 0 Å². The molecular formula is C28H32FN7OS. The Kier molecular flexibility index (Phi) is 6.99. The highest BCUT2D eigenvalue weighted by Crippen LogP contribution is 2.35. The van der Waals surface area contributed by atoms with E-state index in [4.69, 9.17) is 9.72 Å². The van der Waals surface area contributed by atoms with E-state index in [-0.39, 0.29) is 5.82 Å². The van der Waals surface area contributed by atoms with E-state index in [0.29, 0.717) is 23.1 Å². The third-order valence-corrected chi connectivity index (χ3v) is 8.38. The summed E-state index contributed by atoms with van der Waals surface area (Å²) in [7, 11) is 3.67. The Morgan fingerprint density at radius 1 is 0.974 bits per heavy atom. The number of likely N-dealkylation sites (N-methyl/N-ethyl adjacent to an activating group) is 1. The van der Waals surface area contributed by atoms with Crippen molar-refractivity contribution in [1.29, 1.82) is 0 Å². The average Bonchev–Trinajstić information content (AvgIpc) is 3.38. The molecule has 1 N–H and O–H groups in total. The molecule has 0 amide bonds. The van der Waals surface area contributed by atoms with Gasteiger partial charge in [0.1, 0.15) is 17.2 Å². The average molecular weight is 534 g/mol. The van der Waals surface area contributed by atoms with E-state index in [1.54, 1.807) is 19.4 Å². The zero-order valence-corrected chi connectivity index (χ0v) is 22.5. The van der Waals surface area contributed by atoms with E-state index >= 15 is 4.39 Å². The quantitative estimate of drug-likeness (QED) is 0.335. The Bertz CT molecular complexity index is 1410. The molecule has 0 atom stereocenters. The molecule has 198 valence electrons. The maximum atomic E-state index is 15.2. The highest BCUT2D eigenvalue weighted by atomic mass is 32.2. The second kappa shape index (κ2) is 10.7. The van der Waals surface area contributed by atoms with Crippen molar-refractivity contribution in [3.8, 4) is 11.4 Å². The number of rotatable bonds is 6. The summed E-state index contributed by atoms with van der Waals surface area (Å²) in [5.41, 5.74) is 4.06. The normalized spacial score (nSPS) is 16.7. The van der Waals surface area contributed by atoms with E-state index in [1.165, 1.54) is 30.3 Å². The largest absolute Gasteiger partial charge is 0.494 e. The predicted octanol–water partition coefficient (Wildman–Crippen LogP) is 5.31. The van der Waals surface area contributed by atoms with Crippen molar-refractivity contribution in [3.63, 3.8) is 0 Å². The Hall–Kier alpha value is -3.50. The third-order valence-electron chi connectivity index (χ3n) is 7.21. The summed E-state index contributed by atoms with van der Waals surface area (Å²) in [5, 5.41) is 4.10. The molecule has 4 aromatic rings. The predicted molar refractivity (Wildman–Crippen MR) is 154 cm³/mol. The lowest BCUT2D eigenvalue weighted by Gasteiger charge is -2.34. The summed E-state index contributed by atoms with van der Waals surface area (Å²) in [4.78, 5) is 13.6. The fourth-order valence-corrected chi connectivity index (χ4v) is 6.07. The van der Waals surface area contributed by atoms with Crippen molar-refractivity contribution in [2.24, 2.45) is 0 Å². The van der Waals surface area contributed by atoms with Gasteiger partial charge in [0.25, 0.3) is 0 Å². The second-order valence-electron chi connectivity index (χ2n) is 9.74. The van der Waals surface area contributed by atoms with Gasteiger partial charge in [0.05, 0.1) is 18.5 Å². The van der Waals surface area contributed by atoms with E-state index in [0.717, 1.165) is 49.4 Å². The summed E-state index contributed by atoms with van der Waals surface area (Å²) in [5.74, 6) is 1.80. The molecule has 0 bridgehead atoms. The smallest absolute Gasteiger partial charge is 0.229 e. The van der Waals surface area contributed by atoms with Crippen molar-refractivity contribution in [2.75, 3.05) is 67.2 Å². The molecule has 8 nitrogen and oxygen atoms in total.